The van der Waals surface area contributed by atoms with Gasteiger partial charge in [-0.05, 0) is 24.6 Å². The smallest absolute Gasteiger partial charge is 0.242 e. The fraction of sp³-hybridized carbons (Fsp3) is 0.211. The third-order valence-electron chi connectivity index (χ3n) is 3.57. The van der Waals surface area contributed by atoms with Crippen molar-refractivity contribution in [3.63, 3.8) is 0 Å². The van der Waals surface area contributed by atoms with Gasteiger partial charge in [0.05, 0.1) is 6.42 Å². The minimum Gasteiger partial charge on any atom is -0.294 e. The maximum Gasteiger partial charge on any atom is 0.242 e. The molecule has 0 spiro atoms. The highest BCUT2D eigenvalue weighted by Gasteiger charge is 2.10. The lowest BCUT2D eigenvalue weighted by Gasteiger charge is -2.07. The van der Waals surface area contributed by atoms with Gasteiger partial charge in [0.2, 0.25) is 11.8 Å². The monoisotopic (exact) mass is 358 g/mol. The normalized spacial score (nSPS) is 10.2. The molecule has 0 unspecified atom stereocenters. The quantitative estimate of drug-likeness (QED) is 0.615. The van der Waals surface area contributed by atoms with Crippen molar-refractivity contribution in [3.05, 3.63) is 70.2 Å². The van der Waals surface area contributed by atoms with Crippen LogP contribution in [0.1, 0.15) is 34.3 Å². The molecule has 0 saturated carbocycles. The van der Waals surface area contributed by atoms with Crippen molar-refractivity contribution in [3.8, 4) is 0 Å². The van der Waals surface area contributed by atoms with Crippen LogP contribution in [0.25, 0.3) is 0 Å². The Morgan fingerprint density at radius 2 is 1.44 bits per heavy atom. The van der Waals surface area contributed by atoms with E-state index in [-0.39, 0.29) is 31.0 Å². The first-order chi connectivity index (χ1) is 11.9. The first kappa shape index (κ1) is 18.7. The van der Waals surface area contributed by atoms with Crippen LogP contribution >= 0.6 is 11.6 Å². The van der Waals surface area contributed by atoms with Crippen LogP contribution in [0.5, 0.6) is 0 Å². The molecule has 0 fully saturated rings. The molecule has 0 aliphatic carbocycles. The number of aryl methyl sites for hydroxylation is 1. The first-order valence-corrected chi connectivity index (χ1v) is 8.24. The van der Waals surface area contributed by atoms with Gasteiger partial charge in [-0.3, -0.25) is 25.2 Å². The number of carbonyl (C=O) groups excluding carboxylic acids is 3. The molecule has 0 heterocycles. The van der Waals surface area contributed by atoms with E-state index in [1.807, 2.05) is 19.1 Å². The standard InChI is InChI=1S/C19H19ClN2O3/c1-13-2-6-15(7-3-13)17(23)10-11-18(24)21-22-19(25)12-14-4-8-16(20)9-5-14/h2-9H,10-12H2,1H3,(H,21,24)(H,22,25). The van der Waals surface area contributed by atoms with Crippen LogP contribution in [0.2, 0.25) is 5.02 Å². The van der Waals surface area contributed by atoms with E-state index in [2.05, 4.69) is 10.9 Å². The van der Waals surface area contributed by atoms with Crippen molar-refractivity contribution in [2.45, 2.75) is 26.2 Å². The molecule has 0 aliphatic heterocycles. The minimum absolute atomic E-state index is 0.00787. The van der Waals surface area contributed by atoms with Gasteiger partial charge in [-0.1, -0.05) is 53.6 Å². The van der Waals surface area contributed by atoms with Crippen LogP contribution in [0, 0.1) is 6.92 Å². The molecule has 5 nitrogen and oxygen atoms in total. The lowest BCUT2D eigenvalue weighted by atomic mass is 10.1. The van der Waals surface area contributed by atoms with E-state index < -0.39 is 5.91 Å². The second-order valence-corrected chi connectivity index (χ2v) is 6.13. The number of nitrogens with one attached hydrogen (secondary N) is 2. The maximum atomic E-state index is 12.0. The van der Waals surface area contributed by atoms with Gasteiger partial charge < -0.3 is 0 Å². The molecule has 6 heteroatoms. The van der Waals surface area contributed by atoms with Crippen molar-refractivity contribution < 1.29 is 14.4 Å². The Hall–Kier alpha value is -2.66. The predicted molar refractivity (Wildman–Crippen MR) is 96.2 cm³/mol. The number of hydrogen-bond donors (Lipinski definition) is 2. The summed E-state index contributed by atoms with van der Waals surface area (Å²) in [6.07, 6.45) is 0.218. The Kier molecular flexibility index (Phi) is 6.71. The highest BCUT2D eigenvalue weighted by atomic mass is 35.5. The number of hydrazine groups is 1. The van der Waals surface area contributed by atoms with Gasteiger partial charge in [0.1, 0.15) is 0 Å². The second kappa shape index (κ2) is 8.99. The summed E-state index contributed by atoms with van der Waals surface area (Å²) in [5, 5.41) is 0.593. The summed E-state index contributed by atoms with van der Waals surface area (Å²) in [6, 6.07) is 14.0. The minimum atomic E-state index is -0.412. The Labute approximate surface area is 151 Å². The zero-order valence-corrected chi connectivity index (χ0v) is 14.6. The molecular formula is C19H19ClN2O3. The molecule has 0 saturated heterocycles. The number of ketones is 1. The number of benzene rings is 2. The lowest BCUT2D eigenvalue weighted by Crippen LogP contribution is -2.42. The third kappa shape index (κ3) is 6.39. The largest absolute Gasteiger partial charge is 0.294 e. The second-order valence-electron chi connectivity index (χ2n) is 5.69. The SMILES string of the molecule is Cc1ccc(C(=O)CCC(=O)NNC(=O)Cc2ccc(Cl)cc2)cc1. The maximum absolute atomic E-state index is 12.0. The molecule has 2 aromatic carbocycles. The van der Waals surface area contributed by atoms with Crippen LogP contribution in [-0.4, -0.2) is 17.6 Å². The predicted octanol–water partition coefficient (Wildman–Crippen LogP) is 3.00. The molecule has 0 aliphatic rings. The molecular weight excluding hydrogens is 340 g/mol. The molecule has 2 rings (SSSR count). The molecule has 130 valence electrons. The zero-order valence-electron chi connectivity index (χ0n) is 13.8. The van der Waals surface area contributed by atoms with Gasteiger partial charge in [-0.15, -0.1) is 0 Å². The summed E-state index contributed by atoms with van der Waals surface area (Å²) in [6.45, 7) is 1.94. The summed E-state index contributed by atoms with van der Waals surface area (Å²) in [5.41, 5.74) is 7.07. The average Bonchev–Trinajstić information content (AvgIpc) is 2.60. The van der Waals surface area contributed by atoms with Crippen molar-refractivity contribution >= 4 is 29.2 Å². The zero-order chi connectivity index (χ0) is 18.2. The van der Waals surface area contributed by atoms with E-state index in [9.17, 15) is 14.4 Å². The van der Waals surface area contributed by atoms with E-state index in [4.69, 9.17) is 11.6 Å². The van der Waals surface area contributed by atoms with Gasteiger partial charge in [0, 0.05) is 23.4 Å². The summed E-state index contributed by atoms with van der Waals surface area (Å²) < 4.78 is 0. The number of amides is 2. The molecule has 2 N–H and O–H groups in total. The number of hydrogen-bond acceptors (Lipinski definition) is 3. The van der Waals surface area contributed by atoms with Crippen LogP contribution in [0.4, 0.5) is 0 Å². The summed E-state index contributed by atoms with van der Waals surface area (Å²) in [7, 11) is 0. The van der Waals surface area contributed by atoms with E-state index >= 15 is 0 Å². The number of carbonyl (C=O) groups is 3. The highest BCUT2D eigenvalue weighted by Crippen LogP contribution is 2.10. The number of halogens is 1. The van der Waals surface area contributed by atoms with Crippen LogP contribution in [-0.2, 0) is 16.0 Å². The van der Waals surface area contributed by atoms with Gasteiger partial charge in [-0.2, -0.15) is 0 Å². The highest BCUT2D eigenvalue weighted by molar-refractivity contribution is 6.30. The Morgan fingerprint density at radius 1 is 0.840 bits per heavy atom. The molecule has 2 aromatic rings. The lowest BCUT2D eigenvalue weighted by molar-refractivity contribution is -0.128. The van der Waals surface area contributed by atoms with Crippen LogP contribution < -0.4 is 10.9 Å². The molecule has 2 amide bonds. The summed E-state index contributed by atoms with van der Waals surface area (Å²) >= 11 is 5.78. The average molecular weight is 359 g/mol. The Morgan fingerprint density at radius 3 is 2.08 bits per heavy atom. The summed E-state index contributed by atoms with van der Waals surface area (Å²) in [5.74, 6) is -0.868. The molecule has 0 bridgehead atoms. The number of Topliss-reactive ketones (excluding diaryl/α,β-unsaturated/α-hetero) is 1. The van der Waals surface area contributed by atoms with Crippen molar-refractivity contribution in [1.29, 1.82) is 0 Å². The van der Waals surface area contributed by atoms with Crippen molar-refractivity contribution in [2.24, 2.45) is 0 Å². The molecule has 0 atom stereocenters. The van der Waals surface area contributed by atoms with Crippen LogP contribution in [0.3, 0.4) is 0 Å². The fourth-order valence-electron chi connectivity index (χ4n) is 2.14. The molecule has 0 aromatic heterocycles. The van der Waals surface area contributed by atoms with Gasteiger partial charge >= 0.3 is 0 Å². The van der Waals surface area contributed by atoms with Crippen molar-refractivity contribution in [1.82, 2.24) is 10.9 Å². The topological polar surface area (TPSA) is 75.3 Å². The van der Waals surface area contributed by atoms with E-state index in [0.717, 1.165) is 11.1 Å². The summed E-state index contributed by atoms with van der Waals surface area (Å²) in [4.78, 5) is 35.5. The Bertz CT molecular complexity index is 755. The molecule has 0 radical (unpaired) electrons. The van der Waals surface area contributed by atoms with E-state index in [1.54, 1.807) is 36.4 Å². The molecule has 25 heavy (non-hydrogen) atoms. The van der Waals surface area contributed by atoms with Crippen LogP contribution in [0.15, 0.2) is 48.5 Å². The van der Waals surface area contributed by atoms with E-state index in [0.29, 0.717) is 10.6 Å². The first-order valence-electron chi connectivity index (χ1n) is 7.86. The van der Waals surface area contributed by atoms with Gasteiger partial charge in [0.15, 0.2) is 5.78 Å². The van der Waals surface area contributed by atoms with Crippen molar-refractivity contribution in [2.75, 3.05) is 0 Å². The van der Waals surface area contributed by atoms with E-state index in [1.165, 1.54) is 0 Å². The third-order valence-corrected chi connectivity index (χ3v) is 3.82. The van der Waals surface area contributed by atoms with Gasteiger partial charge in [0.25, 0.3) is 0 Å². The van der Waals surface area contributed by atoms with Gasteiger partial charge in [-0.25, -0.2) is 0 Å². The Balaban J connectivity index is 1.71. The number of rotatable bonds is 6. The fourth-order valence-corrected chi connectivity index (χ4v) is 2.27.